The molecule has 1 aromatic carbocycles. The van der Waals surface area contributed by atoms with E-state index >= 15 is 0 Å². The van der Waals surface area contributed by atoms with Crippen molar-refractivity contribution < 1.29 is 23.1 Å². The fourth-order valence-corrected chi connectivity index (χ4v) is 3.99. The monoisotopic (exact) mass is 363 g/mol. The number of hydrogen-bond acceptors (Lipinski definition) is 4. The van der Waals surface area contributed by atoms with E-state index in [4.69, 9.17) is 9.84 Å². The Morgan fingerprint density at radius 2 is 2.20 bits per heavy atom. The molecule has 6 nitrogen and oxygen atoms in total. The van der Waals surface area contributed by atoms with Gasteiger partial charge in [-0.1, -0.05) is 15.9 Å². The molecule has 0 saturated carbocycles. The number of sulfonamides is 1. The lowest BCUT2D eigenvalue weighted by molar-refractivity contribution is -0.137. The molecule has 0 saturated heterocycles. The quantitative estimate of drug-likeness (QED) is 0.856. The fourth-order valence-electron chi connectivity index (χ4n) is 1.97. The normalized spacial score (nSPS) is 14.2. The van der Waals surface area contributed by atoms with Crippen LogP contribution in [0.3, 0.4) is 0 Å². The molecule has 1 aromatic rings. The Hall–Kier alpha value is -1.12. The maximum absolute atomic E-state index is 12.5. The van der Waals surface area contributed by atoms with Crippen LogP contribution in [0, 0.1) is 0 Å². The molecule has 0 bridgehead atoms. The zero-order valence-corrected chi connectivity index (χ0v) is 13.2. The molecule has 110 valence electrons. The lowest BCUT2D eigenvalue weighted by Gasteiger charge is -2.18. The second-order valence-corrected chi connectivity index (χ2v) is 7.39. The van der Waals surface area contributed by atoms with Crippen molar-refractivity contribution in [2.45, 2.75) is 17.7 Å². The van der Waals surface area contributed by atoms with Crippen LogP contribution in [0.2, 0.25) is 0 Å². The van der Waals surface area contributed by atoms with Gasteiger partial charge in [0.15, 0.2) is 0 Å². The Morgan fingerprint density at radius 1 is 1.50 bits per heavy atom. The van der Waals surface area contributed by atoms with Crippen molar-refractivity contribution in [2.75, 3.05) is 20.2 Å². The summed E-state index contributed by atoms with van der Waals surface area (Å²) in [5, 5.41) is 8.64. The first-order chi connectivity index (χ1) is 9.32. The lowest BCUT2D eigenvalue weighted by Crippen LogP contribution is -2.29. The van der Waals surface area contributed by atoms with Crippen LogP contribution in [0.15, 0.2) is 21.5 Å². The number of rotatable bonds is 5. The van der Waals surface area contributed by atoms with Gasteiger partial charge in [0.2, 0.25) is 10.0 Å². The van der Waals surface area contributed by atoms with E-state index < -0.39 is 16.0 Å². The first-order valence-electron chi connectivity index (χ1n) is 5.95. The second-order valence-electron chi connectivity index (χ2n) is 4.46. The van der Waals surface area contributed by atoms with Crippen molar-refractivity contribution in [1.82, 2.24) is 4.31 Å². The highest BCUT2D eigenvalue weighted by atomic mass is 79.9. The van der Waals surface area contributed by atoms with E-state index in [1.165, 1.54) is 13.1 Å². The Balaban J connectivity index is 2.37. The number of carbonyl (C=O) groups is 1. The molecule has 0 radical (unpaired) electrons. The van der Waals surface area contributed by atoms with Gasteiger partial charge in [-0.05, 0) is 12.1 Å². The van der Waals surface area contributed by atoms with Gasteiger partial charge >= 0.3 is 5.97 Å². The molecule has 0 fully saturated rings. The fraction of sp³-hybridized carbons (Fsp3) is 0.417. The molecule has 0 atom stereocenters. The number of benzene rings is 1. The SMILES string of the molecule is CN(CCC(=O)O)S(=O)(=O)c1cc(Br)cc2c1OCC2. The second kappa shape index (κ2) is 5.71. The first-order valence-corrected chi connectivity index (χ1v) is 8.19. The minimum atomic E-state index is -3.77. The zero-order chi connectivity index (χ0) is 14.9. The molecule has 0 aromatic heterocycles. The van der Waals surface area contributed by atoms with Gasteiger partial charge in [0.1, 0.15) is 10.6 Å². The van der Waals surface area contributed by atoms with Crippen LogP contribution in [-0.2, 0) is 21.2 Å². The molecular weight excluding hydrogens is 350 g/mol. The molecule has 1 heterocycles. The van der Waals surface area contributed by atoms with Crippen LogP contribution >= 0.6 is 15.9 Å². The summed E-state index contributed by atoms with van der Waals surface area (Å²) in [6.07, 6.45) is 0.420. The Morgan fingerprint density at radius 3 is 2.85 bits per heavy atom. The van der Waals surface area contributed by atoms with Gasteiger partial charge in [-0.2, -0.15) is 0 Å². The number of aliphatic carboxylic acids is 1. The average molecular weight is 364 g/mol. The van der Waals surface area contributed by atoms with Crippen molar-refractivity contribution in [2.24, 2.45) is 0 Å². The number of fused-ring (bicyclic) bond motifs is 1. The predicted octanol–water partition coefficient (Wildman–Crippen LogP) is 1.48. The molecule has 8 heteroatoms. The Labute approximate surface area is 125 Å². The van der Waals surface area contributed by atoms with Crippen LogP contribution in [-0.4, -0.2) is 44.0 Å². The van der Waals surface area contributed by atoms with Gasteiger partial charge in [0.25, 0.3) is 0 Å². The topological polar surface area (TPSA) is 83.9 Å². The van der Waals surface area contributed by atoms with E-state index in [1.54, 1.807) is 0 Å². The highest BCUT2D eigenvalue weighted by Gasteiger charge is 2.29. The summed E-state index contributed by atoms with van der Waals surface area (Å²) >= 11 is 3.29. The van der Waals surface area contributed by atoms with E-state index in [1.807, 2.05) is 6.07 Å². The van der Waals surface area contributed by atoms with E-state index in [0.717, 1.165) is 9.87 Å². The number of ether oxygens (including phenoxy) is 1. The number of carboxylic acid groups (broad SMARTS) is 1. The van der Waals surface area contributed by atoms with Gasteiger partial charge in [-0.3, -0.25) is 4.79 Å². The van der Waals surface area contributed by atoms with Crippen molar-refractivity contribution >= 4 is 31.9 Å². The zero-order valence-electron chi connectivity index (χ0n) is 10.8. The predicted molar refractivity (Wildman–Crippen MR) is 75.4 cm³/mol. The summed E-state index contributed by atoms with van der Waals surface area (Å²) in [4.78, 5) is 10.6. The van der Waals surface area contributed by atoms with Gasteiger partial charge in [-0.15, -0.1) is 0 Å². The van der Waals surface area contributed by atoms with Crippen LogP contribution in [0.1, 0.15) is 12.0 Å². The molecule has 1 N–H and O–H groups in total. The summed E-state index contributed by atoms with van der Waals surface area (Å²) in [5.74, 6) is -0.668. The summed E-state index contributed by atoms with van der Waals surface area (Å²) in [5.41, 5.74) is 0.838. The van der Waals surface area contributed by atoms with Crippen LogP contribution in [0.5, 0.6) is 5.75 Å². The summed E-state index contributed by atoms with van der Waals surface area (Å²) < 4.78 is 32.1. The number of hydrogen-bond donors (Lipinski definition) is 1. The molecule has 1 aliphatic rings. The number of carboxylic acids is 1. The van der Waals surface area contributed by atoms with Crippen LogP contribution in [0.25, 0.3) is 0 Å². The summed E-state index contributed by atoms with van der Waals surface area (Å²) in [6, 6.07) is 3.31. The summed E-state index contributed by atoms with van der Waals surface area (Å²) in [6.45, 7) is 0.367. The van der Waals surface area contributed by atoms with Gasteiger partial charge < -0.3 is 9.84 Å². The largest absolute Gasteiger partial charge is 0.492 e. The van der Waals surface area contributed by atoms with Crippen molar-refractivity contribution in [3.05, 3.63) is 22.2 Å². The lowest BCUT2D eigenvalue weighted by atomic mass is 10.2. The molecule has 0 aliphatic carbocycles. The van der Waals surface area contributed by atoms with Gasteiger partial charge in [0, 0.05) is 30.0 Å². The third kappa shape index (κ3) is 2.97. The Bertz CT molecular complexity index is 643. The number of halogens is 1. The Kier molecular flexibility index (Phi) is 4.36. The van der Waals surface area contributed by atoms with Crippen LogP contribution in [0.4, 0.5) is 0 Å². The van der Waals surface area contributed by atoms with Crippen molar-refractivity contribution in [1.29, 1.82) is 0 Å². The molecule has 20 heavy (non-hydrogen) atoms. The molecule has 0 unspecified atom stereocenters. The van der Waals surface area contributed by atoms with E-state index in [2.05, 4.69) is 15.9 Å². The highest BCUT2D eigenvalue weighted by molar-refractivity contribution is 9.10. The first kappa shape index (κ1) is 15.3. The highest BCUT2D eigenvalue weighted by Crippen LogP contribution is 2.36. The van der Waals surface area contributed by atoms with E-state index in [0.29, 0.717) is 23.2 Å². The molecule has 0 amide bonds. The smallest absolute Gasteiger partial charge is 0.304 e. The van der Waals surface area contributed by atoms with E-state index in [-0.39, 0.29) is 17.9 Å². The minimum Gasteiger partial charge on any atom is -0.492 e. The molecular formula is C12H14BrNO5S. The standard InChI is InChI=1S/C12H14BrNO5S/c1-14(4-2-11(15)16)20(17,18)10-7-9(13)6-8-3-5-19-12(8)10/h6-7H,2-5H2,1H3,(H,15,16). The minimum absolute atomic E-state index is 0.0762. The average Bonchev–Trinajstić information content (AvgIpc) is 2.82. The molecule has 2 rings (SSSR count). The third-order valence-electron chi connectivity index (χ3n) is 3.04. The van der Waals surface area contributed by atoms with Crippen molar-refractivity contribution in [3.8, 4) is 5.75 Å². The maximum atomic E-state index is 12.5. The van der Waals surface area contributed by atoms with Crippen molar-refractivity contribution in [3.63, 3.8) is 0 Å². The summed E-state index contributed by atoms with van der Waals surface area (Å²) in [7, 11) is -2.41. The van der Waals surface area contributed by atoms with E-state index in [9.17, 15) is 13.2 Å². The molecule has 1 aliphatic heterocycles. The van der Waals surface area contributed by atoms with Crippen LogP contribution < -0.4 is 4.74 Å². The molecule has 0 spiro atoms. The maximum Gasteiger partial charge on any atom is 0.304 e. The third-order valence-corrected chi connectivity index (χ3v) is 5.36. The van der Waals surface area contributed by atoms with Gasteiger partial charge in [-0.25, -0.2) is 12.7 Å². The van der Waals surface area contributed by atoms with Gasteiger partial charge in [0.05, 0.1) is 13.0 Å². The number of nitrogens with zero attached hydrogens (tertiary/aromatic N) is 1.